The Kier molecular flexibility index (Phi) is 3.47. The molecule has 1 atom stereocenters. The molecular formula is C23H23N5. The van der Waals surface area contributed by atoms with E-state index in [1.165, 1.54) is 24.2 Å². The number of aromatic nitrogens is 2. The van der Waals surface area contributed by atoms with Crippen molar-refractivity contribution in [2.45, 2.75) is 43.8 Å². The van der Waals surface area contributed by atoms with Gasteiger partial charge in [0.15, 0.2) is 0 Å². The van der Waals surface area contributed by atoms with Crippen LogP contribution in [0.4, 0.5) is 0 Å². The largest absolute Gasteiger partial charge is 0.359 e. The summed E-state index contributed by atoms with van der Waals surface area (Å²) in [5.74, 6) is 0. The summed E-state index contributed by atoms with van der Waals surface area (Å²) >= 11 is 0. The fourth-order valence-electron chi connectivity index (χ4n) is 4.33. The number of nitrogens with one attached hydrogen (secondary N) is 3. The van der Waals surface area contributed by atoms with Crippen molar-refractivity contribution in [3.8, 4) is 0 Å². The van der Waals surface area contributed by atoms with Gasteiger partial charge in [-0.2, -0.15) is 0 Å². The van der Waals surface area contributed by atoms with E-state index in [-0.39, 0.29) is 5.66 Å². The Morgan fingerprint density at radius 2 is 1.86 bits per heavy atom. The molecule has 8 bridgehead atoms. The summed E-state index contributed by atoms with van der Waals surface area (Å²) in [5, 5.41) is 5.99. The normalized spacial score (nSPS) is 25.6. The molecule has 0 radical (unpaired) electrons. The fourth-order valence-corrected chi connectivity index (χ4v) is 4.33. The van der Waals surface area contributed by atoms with E-state index in [9.17, 15) is 0 Å². The van der Waals surface area contributed by atoms with Gasteiger partial charge in [0.25, 0.3) is 0 Å². The molecule has 5 heteroatoms. The van der Waals surface area contributed by atoms with Crippen LogP contribution in [-0.2, 0) is 6.42 Å². The predicted octanol–water partition coefficient (Wildman–Crippen LogP) is 2.19. The number of rotatable bonds is 2. The molecule has 0 aromatic carbocycles. The lowest BCUT2D eigenvalue weighted by molar-refractivity contribution is 0.328. The molecule has 1 saturated carbocycles. The third-order valence-corrected chi connectivity index (χ3v) is 5.80. The maximum atomic E-state index is 5.19. The molecule has 1 fully saturated rings. The molecule has 28 heavy (non-hydrogen) atoms. The van der Waals surface area contributed by atoms with Crippen molar-refractivity contribution in [1.29, 1.82) is 0 Å². The molecule has 0 amide bonds. The fraction of sp³-hybridized carbons (Fsp3) is 0.304. The highest BCUT2D eigenvalue weighted by Crippen LogP contribution is 2.33. The first kappa shape index (κ1) is 16.1. The van der Waals surface area contributed by atoms with Crippen molar-refractivity contribution in [2.24, 2.45) is 9.98 Å². The van der Waals surface area contributed by atoms with E-state index in [1.54, 1.807) is 0 Å². The van der Waals surface area contributed by atoms with Crippen LogP contribution in [0.25, 0.3) is 18.2 Å². The highest BCUT2D eigenvalue weighted by molar-refractivity contribution is 6.19. The number of hydrogen-bond acceptors (Lipinski definition) is 3. The quantitative estimate of drug-likeness (QED) is 0.746. The topological polar surface area (TPSA) is 68.3 Å². The van der Waals surface area contributed by atoms with Gasteiger partial charge in [-0.25, -0.2) is 4.99 Å². The Bertz CT molecular complexity index is 1180. The number of H-pyrrole nitrogens is 2. The van der Waals surface area contributed by atoms with Gasteiger partial charge >= 0.3 is 0 Å². The van der Waals surface area contributed by atoms with E-state index in [1.807, 2.05) is 0 Å². The average molecular weight is 369 g/mol. The second kappa shape index (κ2) is 6.04. The second-order valence-corrected chi connectivity index (χ2v) is 8.27. The number of aromatic amines is 2. The molecule has 0 spiro atoms. The van der Waals surface area contributed by atoms with Crippen LogP contribution in [0.1, 0.15) is 37.1 Å². The van der Waals surface area contributed by atoms with Crippen molar-refractivity contribution >= 4 is 29.7 Å². The molecule has 6 rings (SSSR count). The zero-order valence-corrected chi connectivity index (χ0v) is 15.7. The molecule has 2 aromatic heterocycles. The molecule has 4 aliphatic rings. The lowest BCUT2D eigenvalue weighted by atomic mass is 10.0. The Morgan fingerprint density at radius 1 is 0.964 bits per heavy atom. The maximum Gasteiger partial charge on any atom is 0.117 e. The summed E-state index contributed by atoms with van der Waals surface area (Å²) in [6, 6.07) is 9.16. The van der Waals surface area contributed by atoms with Crippen molar-refractivity contribution < 1.29 is 0 Å². The summed E-state index contributed by atoms with van der Waals surface area (Å²) in [6.45, 7) is 0. The first-order valence-corrected chi connectivity index (χ1v) is 10.1. The van der Waals surface area contributed by atoms with Gasteiger partial charge in [0, 0.05) is 40.3 Å². The summed E-state index contributed by atoms with van der Waals surface area (Å²) in [4.78, 5) is 16.9. The SMILES string of the molecule is C1=CC2=NC1=Cc1ccc([nH]1)CC1(NC3CC3)CCC(=N1)C=c1ccc([nH]1)=C2. The van der Waals surface area contributed by atoms with Crippen LogP contribution in [0.5, 0.6) is 0 Å². The molecule has 5 heterocycles. The maximum absolute atomic E-state index is 5.19. The van der Waals surface area contributed by atoms with Crippen LogP contribution >= 0.6 is 0 Å². The lowest BCUT2D eigenvalue weighted by Gasteiger charge is -2.27. The first-order chi connectivity index (χ1) is 13.7. The molecule has 2 aromatic rings. The van der Waals surface area contributed by atoms with Crippen molar-refractivity contribution in [3.05, 3.63) is 64.2 Å². The Labute approximate surface area is 163 Å². The number of allylic oxidation sites excluding steroid dienone is 2. The minimum absolute atomic E-state index is 0.195. The number of fused-ring (bicyclic) bond motifs is 6. The van der Waals surface area contributed by atoms with Crippen LogP contribution in [0.2, 0.25) is 0 Å². The zero-order valence-electron chi connectivity index (χ0n) is 15.7. The van der Waals surface area contributed by atoms with Gasteiger partial charge in [-0.3, -0.25) is 10.3 Å². The second-order valence-electron chi connectivity index (χ2n) is 8.27. The molecule has 5 nitrogen and oxygen atoms in total. The third kappa shape index (κ3) is 3.12. The van der Waals surface area contributed by atoms with Crippen LogP contribution in [0, 0.1) is 0 Å². The van der Waals surface area contributed by atoms with Crippen LogP contribution in [0.15, 0.2) is 52.1 Å². The average Bonchev–Trinajstić information content (AvgIpc) is 3.07. The van der Waals surface area contributed by atoms with E-state index in [4.69, 9.17) is 9.98 Å². The van der Waals surface area contributed by atoms with E-state index in [2.05, 4.69) is 69.9 Å². The Hall–Kier alpha value is -2.92. The van der Waals surface area contributed by atoms with Gasteiger partial charge in [0.05, 0.1) is 11.4 Å². The van der Waals surface area contributed by atoms with Crippen LogP contribution in [-0.4, -0.2) is 33.1 Å². The summed E-state index contributed by atoms with van der Waals surface area (Å²) in [6.07, 6.45) is 16.0. The molecule has 140 valence electrons. The zero-order chi connectivity index (χ0) is 18.6. The molecule has 3 N–H and O–H groups in total. The minimum Gasteiger partial charge on any atom is -0.359 e. The van der Waals surface area contributed by atoms with Crippen molar-refractivity contribution in [2.75, 3.05) is 0 Å². The summed E-state index contributed by atoms with van der Waals surface area (Å²) in [7, 11) is 0. The molecule has 0 saturated heterocycles. The van der Waals surface area contributed by atoms with Crippen LogP contribution < -0.4 is 16.0 Å². The third-order valence-electron chi connectivity index (χ3n) is 5.80. The number of hydrogen-bond donors (Lipinski definition) is 3. The standard InChI is InChI=1S/C23H23N5/c1-2-15(1)27-23-10-9-21(28-23)13-20-6-5-17(25-20)11-16-3-4-18(24-16)12-19-7-8-22(14-23)26-19/h3-8,11-13,15,25-27H,1-2,9-10,14H2. The van der Waals surface area contributed by atoms with Crippen molar-refractivity contribution in [3.63, 3.8) is 0 Å². The van der Waals surface area contributed by atoms with Gasteiger partial charge in [0.2, 0.25) is 0 Å². The molecule has 3 aliphatic heterocycles. The van der Waals surface area contributed by atoms with Gasteiger partial charge in [0.1, 0.15) is 5.66 Å². The lowest BCUT2D eigenvalue weighted by Crippen LogP contribution is -2.45. The molecular weight excluding hydrogens is 346 g/mol. The Balaban J connectivity index is 1.49. The van der Waals surface area contributed by atoms with Gasteiger partial charge in [-0.1, -0.05) is 0 Å². The molecule has 1 unspecified atom stereocenters. The van der Waals surface area contributed by atoms with E-state index < -0.39 is 0 Å². The minimum atomic E-state index is -0.195. The van der Waals surface area contributed by atoms with Crippen LogP contribution in [0.3, 0.4) is 0 Å². The smallest absolute Gasteiger partial charge is 0.117 e. The van der Waals surface area contributed by atoms with E-state index in [0.29, 0.717) is 6.04 Å². The Morgan fingerprint density at radius 3 is 2.75 bits per heavy atom. The van der Waals surface area contributed by atoms with Crippen molar-refractivity contribution in [1.82, 2.24) is 15.3 Å². The van der Waals surface area contributed by atoms with E-state index >= 15 is 0 Å². The monoisotopic (exact) mass is 369 g/mol. The van der Waals surface area contributed by atoms with E-state index in [0.717, 1.165) is 47.1 Å². The summed E-state index contributed by atoms with van der Waals surface area (Å²) in [5.41, 5.74) is 5.21. The van der Waals surface area contributed by atoms with Gasteiger partial charge in [-0.15, -0.1) is 0 Å². The number of nitrogens with zero attached hydrogens (tertiary/aromatic N) is 2. The summed E-state index contributed by atoms with van der Waals surface area (Å²) < 4.78 is 0. The van der Waals surface area contributed by atoms with Gasteiger partial charge < -0.3 is 9.97 Å². The highest BCUT2D eigenvalue weighted by atomic mass is 15.2. The number of aliphatic imine (C=N–C) groups is 2. The molecule has 1 aliphatic carbocycles. The first-order valence-electron chi connectivity index (χ1n) is 10.1. The predicted molar refractivity (Wildman–Crippen MR) is 114 cm³/mol. The van der Waals surface area contributed by atoms with Gasteiger partial charge in [-0.05, 0) is 80.3 Å². The highest BCUT2D eigenvalue weighted by Gasteiger charge is 2.39.